The van der Waals surface area contributed by atoms with Crippen LogP contribution >= 0.6 is 0 Å². The highest BCUT2D eigenvalue weighted by Crippen LogP contribution is 2.23. The smallest absolute Gasteiger partial charge is 0.410 e. The van der Waals surface area contributed by atoms with E-state index in [9.17, 15) is 9.59 Å². The van der Waals surface area contributed by atoms with Crippen molar-refractivity contribution in [1.29, 1.82) is 0 Å². The molecule has 2 rings (SSSR count). The molecule has 1 saturated heterocycles. The molecule has 0 bridgehead atoms. The summed E-state index contributed by atoms with van der Waals surface area (Å²) in [5, 5.41) is 0. The predicted molar refractivity (Wildman–Crippen MR) is 127 cm³/mol. The number of anilines is 1. The first kappa shape index (κ1) is 24.8. The van der Waals surface area contributed by atoms with E-state index in [0.717, 1.165) is 12.1 Å². The Bertz CT molecular complexity index is 851. The van der Waals surface area contributed by atoms with Gasteiger partial charge < -0.3 is 19.3 Å². The molecule has 0 atom stereocenters. The van der Waals surface area contributed by atoms with Crippen LogP contribution in [0.4, 0.5) is 10.5 Å². The molecule has 1 heterocycles. The third-order valence-corrected chi connectivity index (χ3v) is 5.40. The summed E-state index contributed by atoms with van der Waals surface area (Å²) in [6, 6.07) is 5.77. The Labute approximate surface area is 187 Å². The molecule has 1 aliphatic heterocycles. The SMILES string of the molecule is CCCOC(=O)c1cc(N2CCN(C(=O)OC(C)(C)C)CC2)ccc1C#C[Si](C)(C)C. The van der Waals surface area contributed by atoms with Crippen LogP contribution in [-0.4, -0.2) is 63.4 Å². The highest BCUT2D eigenvalue weighted by molar-refractivity contribution is 6.83. The molecule has 0 aliphatic carbocycles. The first-order valence-electron chi connectivity index (χ1n) is 11.0. The van der Waals surface area contributed by atoms with Gasteiger partial charge in [0.2, 0.25) is 0 Å². The Balaban J connectivity index is 2.19. The van der Waals surface area contributed by atoms with Crippen molar-refractivity contribution in [2.75, 3.05) is 37.7 Å². The summed E-state index contributed by atoms with van der Waals surface area (Å²) in [6.45, 7) is 17.0. The van der Waals surface area contributed by atoms with E-state index in [1.54, 1.807) is 4.90 Å². The number of benzene rings is 1. The molecule has 31 heavy (non-hydrogen) atoms. The molecule has 1 aromatic carbocycles. The fourth-order valence-corrected chi connectivity index (χ4v) is 3.52. The van der Waals surface area contributed by atoms with Crippen LogP contribution in [-0.2, 0) is 9.47 Å². The molecule has 1 amide bonds. The Morgan fingerprint density at radius 1 is 1.10 bits per heavy atom. The van der Waals surface area contributed by atoms with Gasteiger partial charge in [0.1, 0.15) is 13.7 Å². The first-order chi connectivity index (χ1) is 14.4. The Hall–Kier alpha value is -2.46. The fourth-order valence-electron chi connectivity index (χ4n) is 3.01. The average Bonchev–Trinajstić information content (AvgIpc) is 2.68. The van der Waals surface area contributed by atoms with Crippen molar-refractivity contribution < 1.29 is 19.1 Å². The van der Waals surface area contributed by atoms with Crippen molar-refractivity contribution in [3.05, 3.63) is 29.3 Å². The summed E-state index contributed by atoms with van der Waals surface area (Å²) in [5.41, 5.74) is 4.98. The number of carbonyl (C=O) groups excluding carboxylic acids is 2. The van der Waals surface area contributed by atoms with Crippen molar-refractivity contribution in [3.8, 4) is 11.5 Å². The van der Waals surface area contributed by atoms with Gasteiger partial charge in [0.05, 0.1) is 12.2 Å². The lowest BCUT2D eigenvalue weighted by molar-refractivity contribution is 0.0240. The van der Waals surface area contributed by atoms with E-state index in [-0.39, 0.29) is 12.1 Å². The molecule has 0 saturated carbocycles. The monoisotopic (exact) mass is 444 g/mol. The van der Waals surface area contributed by atoms with Crippen LogP contribution < -0.4 is 4.90 Å². The number of esters is 1. The molecular weight excluding hydrogens is 408 g/mol. The molecule has 1 fully saturated rings. The van der Waals surface area contributed by atoms with Gasteiger partial charge in [0, 0.05) is 37.4 Å². The standard InChI is InChI=1S/C24H36N2O4Si/c1-8-16-29-22(27)21-18-20(10-9-19(21)11-17-31(5,6)7)25-12-14-26(15-13-25)23(28)30-24(2,3)4/h9-10,18H,8,12-16H2,1-7H3. The van der Waals surface area contributed by atoms with E-state index >= 15 is 0 Å². The zero-order valence-corrected chi connectivity index (χ0v) is 21.0. The minimum absolute atomic E-state index is 0.284. The minimum Gasteiger partial charge on any atom is -0.462 e. The maximum Gasteiger partial charge on any atom is 0.410 e. The largest absolute Gasteiger partial charge is 0.462 e. The molecule has 1 aromatic rings. The van der Waals surface area contributed by atoms with Gasteiger partial charge in [-0.05, 0) is 45.4 Å². The van der Waals surface area contributed by atoms with Crippen molar-refractivity contribution in [2.45, 2.75) is 59.4 Å². The third-order valence-electron chi connectivity index (χ3n) is 4.53. The van der Waals surface area contributed by atoms with Crippen molar-refractivity contribution in [2.24, 2.45) is 0 Å². The van der Waals surface area contributed by atoms with E-state index in [1.165, 1.54) is 0 Å². The average molecular weight is 445 g/mol. The number of hydrogen-bond donors (Lipinski definition) is 0. The summed E-state index contributed by atoms with van der Waals surface area (Å²) in [7, 11) is -1.58. The summed E-state index contributed by atoms with van der Waals surface area (Å²) in [5.74, 6) is 2.87. The molecular formula is C24H36N2O4Si. The topological polar surface area (TPSA) is 59.1 Å². The van der Waals surface area contributed by atoms with Crippen LogP contribution in [0, 0.1) is 11.5 Å². The van der Waals surface area contributed by atoms with Gasteiger partial charge in [0.25, 0.3) is 0 Å². The number of nitrogens with zero attached hydrogens (tertiary/aromatic N) is 2. The molecule has 0 N–H and O–H groups in total. The summed E-state index contributed by atoms with van der Waals surface area (Å²) in [6.07, 6.45) is 0.487. The first-order valence-corrected chi connectivity index (χ1v) is 14.5. The molecule has 0 unspecified atom stereocenters. The third kappa shape index (κ3) is 7.95. The van der Waals surface area contributed by atoms with Crippen LogP contribution in [0.25, 0.3) is 0 Å². The van der Waals surface area contributed by atoms with Crippen LogP contribution in [0.1, 0.15) is 50.0 Å². The summed E-state index contributed by atoms with van der Waals surface area (Å²) in [4.78, 5) is 28.9. The van der Waals surface area contributed by atoms with E-state index in [2.05, 4.69) is 36.0 Å². The van der Waals surface area contributed by atoms with Gasteiger partial charge in [0.15, 0.2) is 0 Å². The highest BCUT2D eigenvalue weighted by Gasteiger charge is 2.26. The molecule has 0 spiro atoms. The van der Waals surface area contributed by atoms with Crippen LogP contribution in [0.2, 0.25) is 19.6 Å². The van der Waals surface area contributed by atoms with Gasteiger partial charge in [-0.15, -0.1) is 5.54 Å². The zero-order chi connectivity index (χ0) is 23.2. The van der Waals surface area contributed by atoms with Crippen LogP contribution in [0.15, 0.2) is 18.2 Å². The predicted octanol–water partition coefficient (Wildman–Crippen LogP) is 4.54. The maximum atomic E-state index is 12.7. The zero-order valence-electron chi connectivity index (χ0n) is 20.0. The number of carbonyl (C=O) groups is 2. The Morgan fingerprint density at radius 3 is 2.29 bits per heavy atom. The highest BCUT2D eigenvalue weighted by atomic mass is 28.3. The molecule has 1 aliphatic rings. The number of amides is 1. The van der Waals surface area contributed by atoms with E-state index in [4.69, 9.17) is 9.47 Å². The molecule has 0 aromatic heterocycles. The number of hydrogen-bond acceptors (Lipinski definition) is 5. The Morgan fingerprint density at radius 2 is 1.74 bits per heavy atom. The minimum atomic E-state index is -1.58. The number of ether oxygens (including phenoxy) is 2. The van der Waals surface area contributed by atoms with Gasteiger partial charge in [-0.25, -0.2) is 9.59 Å². The van der Waals surface area contributed by atoms with E-state index in [0.29, 0.717) is 43.9 Å². The van der Waals surface area contributed by atoms with Gasteiger partial charge in [-0.2, -0.15) is 0 Å². The lowest BCUT2D eigenvalue weighted by Crippen LogP contribution is -2.50. The number of rotatable bonds is 4. The van der Waals surface area contributed by atoms with Gasteiger partial charge in [-0.3, -0.25) is 0 Å². The van der Waals surface area contributed by atoms with Crippen molar-refractivity contribution in [1.82, 2.24) is 4.90 Å². The maximum absolute atomic E-state index is 12.7. The van der Waals surface area contributed by atoms with Crippen molar-refractivity contribution >= 4 is 25.8 Å². The second-order valence-corrected chi connectivity index (χ2v) is 14.6. The van der Waals surface area contributed by atoms with E-state index < -0.39 is 13.7 Å². The van der Waals surface area contributed by atoms with E-state index in [1.807, 2.05) is 45.9 Å². The van der Waals surface area contributed by atoms with Gasteiger partial charge in [-0.1, -0.05) is 32.5 Å². The van der Waals surface area contributed by atoms with Crippen LogP contribution in [0.3, 0.4) is 0 Å². The lowest BCUT2D eigenvalue weighted by atomic mass is 10.1. The molecule has 0 radical (unpaired) electrons. The molecule has 6 nitrogen and oxygen atoms in total. The molecule has 7 heteroatoms. The second kappa shape index (κ2) is 10.2. The lowest BCUT2D eigenvalue weighted by Gasteiger charge is -2.36. The van der Waals surface area contributed by atoms with Gasteiger partial charge >= 0.3 is 12.1 Å². The van der Waals surface area contributed by atoms with Crippen molar-refractivity contribution in [3.63, 3.8) is 0 Å². The normalized spacial score (nSPS) is 14.5. The van der Waals surface area contributed by atoms with Crippen LogP contribution in [0.5, 0.6) is 0 Å². The Kier molecular flexibility index (Phi) is 8.19. The number of piperazine rings is 1. The molecule has 170 valence electrons. The second-order valence-electron chi connectivity index (χ2n) is 9.82. The summed E-state index contributed by atoms with van der Waals surface area (Å²) < 4.78 is 10.9. The summed E-state index contributed by atoms with van der Waals surface area (Å²) >= 11 is 0. The fraction of sp³-hybridized carbons (Fsp3) is 0.583. The quantitative estimate of drug-likeness (QED) is 0.388.